The highest BCUT2D eigenvalue weighted by molar-refractivity contribution is 6.04. The molecule has 6 heteroatoms. The number of nitrogens with one attached hydrogen (secondary N) is 1. The fourth-order valence-electron chi connectivity index (χ4n) is 4.83. The topological polar surface area (TPSA) is 84.9 Å². The standard InChI is InChI=1S/C32H43NO5/c1-6-28(25-15-13-24(14-16-25)20-21(2)3)38-29-18-17-27(22(4)23(29)5)33-32(36)26-10-7-8-11-30(26)37-19-9-12-31(34)35/h13-18,21,28H,6-12,19-20H2,1-5H3,(H,33,36)(H,34,35). The molecular weight excluding hydrogens is 478 g/mol. The zero-order valence-corrected chi connectivity index (χ0v) is 23.6. The van der Waals surface area contributed by atoms with Gasteiger partial charge in [-0.2, -0.15) is 0 Å². The number of carbonyl (C=O) groups excluding carboxylic acids is 1. The average molecular weight is 522 g/mol. The Morgan fingerprint density at radius 3 is 2.37 bits per heavy atom. The molecule has 0 bridgehead atoms. The second kappa shape index (κ2) is 14.0. The van der Waals surface area contributed by atoms with Crippen LogP contribution in [-0.2, 0) is 20.7 Å². The molecule has 38 heavy (non-hydrogen) atoms. The van der Waals surface area contributed by atoms with E-state index in [-0.39, 0.29) is 18.4 Å². The summed E-state index contributed by atoms with van der Waals surface area (Å²) in [4.78, 5) is 24.0. The lowest BCUT2D eigenvalue weighted by Gasteiger charge is -2.23. The van der Waals surface area contributed by atoms with Crippen LogP contribution in [0.25, 0.3) is 0 Å². The number of carbonyl (C=O) groups is 2. The number of hydrogen-bond acceptors (Lipinski definition) is 4. The number of rotatable bonds is 13. The molecule has 1 aliphatic carbocycles. The summed E-state index contributed by atoms with van der Waals surface area (Å²) >= 11 is 0. The largest absolute Gasteiger partial charge is 0.497 e. The van der Waals surface area contributed by atoms with Crippen LogP contribution in [0, 0.1) is 19.8 Å². The van der Waals surface area contributed by atoms with Crippen LogP contribution in [0.15, 0.2) is 47.7 Å². The van der Waals surface area contributed by atoms with E-state index < -0.39 is 5.97 Å². The molecule has 2 aromatic rings. The summed E-state index contributed by atoms with van der Waals surface area (Å²) < 4.78 is 12.3. The Hall–Kier alpha value is -3.28. The highest BCUT2D eigenvalue weighted by Gasteiger charge is 2.22. The Balaban J connectivity index is 1.70. The minimum Gasteiger partial charge on any atom is -0.497 e. The predicted octanol–water partition coefficient (Wildman–Crippen LogP) is 7.68. The summed E-state index contributed by atoms with van der Waals surface area (Å²) in [7, 11) is 0. The SMILES string of the molecule is CCC(Oc1ccc(NC(=O)C2=C(OCCCC(=O)O)CCCC2)c(C)c1C)c1ccc(CC(C)C)cc1. The van der Waals surface area contributed by atoms with Crippen molar-refractivity contribution in [2.45, 2.75) is 92.1 Å². The molecule has 1 amide bonds. The molecule has 0 spiro atoms. The zero-order chi connectivity index (χ0) is 27.7. The van der Waals surface area contributed by atoms with Crippen molar-refractivity contribution in [1.29, 1.82) is 0 Å². The van der Waals surface area contributed by atoms with E-state index in [1.54, 1.807) is 0 Å². The minimum absolute atomic E-state index is 0.0464. The van der Waals surface area contributed by atoms with Crippen LogP contribution < -0.4 is 10.1 Å². The molecule has 6 nitrogen and oxygen atoms in total. The van der Waals surface area contributed by atoms with Gasteiger partial charge in [0.15, 0.2) is 0 Å². The Morgan fingerprint density at radius 2 is 1.71 bits per heavy atom. The van der Waals surface area contributed by atoms with E-state index in [0.717, 1.165) is 53.8 Å². The molecule has 0 saturated heterocycles. The van der Waals surface area contributed by atoms with Crippen LogP contribution in [0.5, 0.6) is 5.75 Å². The van der Waals surface area contributed by atoms with Gasteiger partial charge in [0.25, 0.3) is 5.91 Å². The monoisotopic (exact) mass is 521 g/mol. The van der Waals surface area contributed by atoms with Crippen molar-refractivity contribution in [1.82, 2.24) is 0 Å². The van der Waals surface area contributed by atoms with Gasteiger partial charge in [-0.15, -0.1) is 0 Å². The molecule has 0 aromatic heterocycles. The van der Waals surface area contributed by atoms with Crippen molar-refractivity contribution in [3.63, 3.8) is 0 Å². The molecule has 0 radical (unpaired) electrons. The van der Waals surface area contributed by atoms with E-state index in [9.17, 15) is 9.59 Å². The molecular formula is C32H43NO5. The molecule has 1 aliphatic rings. The average Bonchev–Trinajstić information content (AvgIpc) is 2.89. The van der Waals surface area contributed by atoms with Crippen molar-refractivity contribution in [2.75, 3.05) is 11.9 Å². The fourth-order valence-corrected chi connectivity index (χ4v) is 4.83. The first-order chi connectivity index (χ1) is 18.2. The van der Waals surface area contributed by atoms with E-state index in [1.165, 1.54) is 5.56 Å². The summed E-state index contributed by atoms with van der Waals surface area (Å²) in [5.41, 5.74) is 5.89. The Kier molecular flexibility index (Phi) is 10.8. The number of allylic oxidation sites excluding steroid dienone is 1. The molecule has 2 aromatic carbocycles. The third-order valence-electron chi connectivity index (χ3n) is 7.12. The Bertz CT molecular complexity index is 1130. The van der Waals surface area contributed by atoms with Crippen LogP contribution in [0.4, 0.5) is 5.69 Å². The lowest BCUT2D eigenvalue weighted by Crippen LogP contribution is -2.20. The molecule has 0 fully saturated rings. The highest BCUT2D eigenvalue weighted by atomic mass is 16.5. The van der Waals surface area contributed by atoms with Crippen LogP contribution in [0.2, 0.25) is 0 Å². The van der Waals surface area contributed by atoms with Crippen molar-refractivity contribution >= 4 is 17.6 Å². The Morgan fingerprint density at radius 1 is 1.00 bits per heavy atom. The van der Waals surface area contributed by atoms with E-state index in [2.05, 4.69) is 50.4 Å². The summed E-state index contributed by atoms with van der Waals surface area (Å²) in [6, 6.07) is 12.6. The predicted molar refractivity (Wildman–Crippen MR) is 152 cm³/mol. The van der Waals surface area contributed by atoms with E-state index in [4.69, 9.17) is 14.6 Å². The number of anilines is 1. The molecule has 3 rings (SSSR count). The summed E-state index contributed by atoms with van der Waals surface area (Å²) in [5, 5.41) is 11.9. The van der Waals surface area contributed by atoms with Gasteiger partial charge in [-0.25, -0.2) is 0 Å². The number of carboxylic acids is 1. The third kappa shape index (κ3) is 8.11. The van der Waals surface area contributed by atoms with E-state index in [0.29, 0.717) is 43.1 Å². The van der Waals surface area contributed by atoms with Crippen LogP contribution in [0.1, 0.15) is 94.1 Å². The smallest absolute Gasteiger partial charge is 0.303 e. The number of ether oxygens (including phenoxy) is 2. The zero-order valence-electron chi connectivity index (χ0n) is 23.6. The normalized spacial score (nSPS) is 14.4. The number of aliphatic carboxylic acids is 1. The lowest BCUT2D eigenvalue weighted by atomic mass is 9.96. The number of hydrogen-bond donors (Lipinski definition) is 2. The second-order valence-electron chi connectivity index (χ2n) is 10.6. The minimum atomic E-state index is -0.840. The summed E-state index contributed by atoms with van der Waals surface area (Å²) in [5.74, 6) is 1.15. The molecule has 0 heterocycles. The number of benzene rings is 2. The quantitative estimate of drug-likeness (QED) is 0.264. The fraction of sp³-hybridized carbons (Fsp3) is 0.500. The van der Waals surface area contributed by atoms with Gasteiger partial charge in [-0.3, -0.25) is 9.59 Å². The molecule has 0 saturated carbocycles. The van der Waals surface area contributed by atoms with Crippen molar-refractivity contribution in [3.8, 4) is 5.75 Å². The second-order valence-corrected chi connectivity index (χ2v) is 10.6. The number of carboxylic acid groups (broad SMARTS) is 1. The van der Waals surface area contributed by atoms with Crippen molar-refractivity contribution in [2.24, 2.45) is 5.92 Å². The Labute approximate surface area is 227 Å². The highest BCUT2D eigenvalue weighted by Crippen LogP contribution is 2.33. The van der Waals surface area contributed by atoms with Gasteiger partial charge in [0.1, 0.15) is 17.6 Å². The van der Waals surface area contributed by atoms with Gasteiger partial charge in [0, 0.05) is 18.5 Å². The molecule has 0 aliphatic heterocycles. The maximum Gasteiger partial charge on any atom is 0.303 e. The molecule has 2 N–H and O–H groups in total. The first-order valence-corrected chi connectivity index (χ1v) is 13.9. The first kappa shape index (κ1) is 29.3. The van der Waals surface area contributed by atoms with Gasteiger partial charge in [-0.1, -0.05) is 45.0 Å². The van der Waals surface area contributed by atoms with Gasteiger partial charge in [-0.05, 0) is 92.7 Å². The van der Waals surface area contributed by atoms with Crippen molar-refractivity contribution < 1.29 is 24.2 Å². The summed E-state index contributed by atoms with van der Waals surface area (Å²) in [6.07, 6.45) is 5.63. The van der Waals surface area contributed by atoms with Gasteiger partial charge in [0.05, 0.1) is 12.2 Å². The van der Waals surface area contributed by atoms with Gasteiger partial charge < -0.3 is 19.9 Å². The van der Waals surface area contributed by atoms with Crippen LogP contribution >= 0.6 is 0 Å². The third-order valence-corrected chi connectivity index (χ3v) is 7.12. The lowest BCUT2D eigenvalue weighted by molar-refractivity contribution is -0.137. The van der Waals surface area contributed by atoms with Gasteiger partial charge >= 0.3 is 5.97 Å². The molecule has 1 unspecified atom stereocenters. The van der Waals surface area contributed by atoms with E-state index in [1.807, 2.05) is 26.0 Å². The maximum atomic E-state index is 13.2. The van der Waals surface area contributed by atoms with Gasteiger partial charge in [0.2, 0.25) is 0 Å². The molecule has 206 valence electrons. The van der Waals surface area contributed by atoms with E-state index >= 15 is 0 Å². The maximum absolute atomic E-state index is 13.2. The van der Waals surface area contributed by atoms with Crippen LogP contribution in [0.3, 0.4) is 0 Å². The van der Waals surface area contributed by atoms with Crippen LogP contribution in [-0.4, -0.2) is 23.6 Å². The molecule has 1 atom stereocenters. The first-order valence-electron chi connectivity index (χ1n) is 13.9. The number of amides is 1. The summed E-state index contributed by atoms with van der Waals surface area (Å²) in [6.45, 7) is 10.9. The van der Waals surface area contributed by atoms with Crippen molar-refractivity contribution in [3.05, 3.63) is 70.0 Å².